The molecular weight excluding hydrogens is 122 g/mol. The maximum Gasteiger partial charge on any atom is 0.0773 e. The minimum absolute atomic E-state index is 1.07. The van der Waals surface area contributed by atoms with Crippen molar-refractivity contribution < 1.29 is 0 Å². The second kappa shape index (κ2) is 3.90. The molecule has 0 fully saturated rings. The number of hydrogen-bond donors (Lipinski definition) is 0. The van der Waals surface area contributed by atoms with Crippen LogP contribution in [0.3, 0.4) is 0 Å². The van der Waals surface area contributed by atoms with E-state index in [-0.39, 0.29) is 0 Å². The van der Waals surface area contributed by atoms with Crippen LogP contribution in [-0.4, -0.2) is 4.98 Å². The van der Waals surface area contributed by atoms with Gasteiger partial charge in [0.05, 0.1) is 6.20 Å². The molecule has 1 rings (SSSR count). The Kier molecular flexibility index (Phi) is 2.76. The van der Waals surface area contributed by atoms with Crippen molar-refractivity contribution in [2.75, 3.05) is 0 Å². The molecule has 0 aliphatic heterocycles. The van der Waals surface area contributed by atoms with E-state index in [1.54, 1.807) is 6.20 Å². The van der Waals surface area contributed by atoms with Crippen LogP contribution in [-0.2, 0) is 6.42 Å². The second-order valence-corrected chi connectivity index (χ2v) is 2.29. The van der Waals surface area contributed by atoms with E-state index >= 15 is 0 Å². The Labute approximate surface area is 62.1 Å². The number of rotatable bonds is 3. The highest BCUT2D eigenvalue weighted by molar-refractivity contribution is 4.96. The van der Waals surface area contributed by atoms with Crippen LogP contribution in [0, 0.1) is 12.1 Å². The van der Waals surface area contributed by atoms with Crippen LogP contribution in [0.1, 0.15) is 25.5 Å². The third-order valence-electron chi connectivity index (χ3n) is 1.40. The van der Waals surface area contributed by atoms with Gasteiger partial charge in [0.1, 0.15) is 0 Å². The molecule has 0 saturated carbocycles. The molecule has 0 unspecified atom stereocenters. The van der Waals surface area contributed by atoms with Crippen molar-refractivity contribution in [3.8, 4) is 0 Å². The minimum Gasteiger partial charge on any atom is -0.252 e. The van der Waals surface area contributed by atoms with Crippen LogP contribution >= 0.6 is 0 Å². The zero-order valence-electron chi connectivity index (χ0n) is 6.22. The van der Waals surface area contributed by atoms with Crippen molar-refractivity contribution in [3.05, 3.63) is 30.1 Å². The summed E-state index contributed by atoms with van der Waals surface area (Å²) in [6.45, 7) is 2.18. The van der Waals surface area contributed by atoms with Gasteiger partial charge in [0.15, 0.2) is 0 Å². The summed E-state index contributed by atoms with van der Waals surface area (Å²) < 4.78 is 0. The van der Waals surface area contributed by atoms with E-state index in [0.29, 0.717) is 0 Å². The standard InChI is InChI=1S/C9H11N/c1-2-3-6-9-7-4-5-8-10-9/h7-8H,2-3,6H2,1H3. The Hall–Kier alpha value is -1.03. The lowest BCUT2D eigenvalue weighted by Crippen LogP contribution is -1.86. The van der Waals surface area contributed by atoms with Gasteiger partial charge < -0.3 is 0 Å². The number of nitrogens with zero attached hydrogens (tertiary/aromatic N) is 1. The van der Waals surface area contributed by atoms with Gasteiger partial charge in [0.2, 0.25) is 0 Å². The summed E-state index contributed by atoms with van der Waals surface area (Å²) in [5.41, 5.74) is 1.13. The Morgan fingerprint density at radius 3 is 3.00 bits per heavy atom. The van der Waals surface area contributed by atoms with E-state index in [2.05, 4.69) is 24.0 Å². The number of aromatic nitrogens is 1. The maximum absolute atomic E-state index is 4.13. The summed E-state index contributed by atoms with van der Waals surface area (Å²) in [6, 6.07) is 7.55. The molecule has 0 radical (unpaired) electrons. The fourth-order valence-electron chi connectivity index (χ4n) is 0.809. The fourth-order valence-corrected chi connectivity index (χ4v) is 0.809. The molecule has 0 saturated heterocycles. The first-order valence-corrected chi connectivity index (χ1v) is 3.66. The van der Waals surface area contributed by atoms with Crippen molar-refractivity contribution in [3.63, 3.8) is 0 Å². The number of aryl methyl sites for hydroxylation is 1. The monoisotopic (exact) mass is 133 g/mol. The van der Waals surface area contributed by atoms with Crippen LogP contribution in [0.2, 0.25) is 0 Å². The molecular formula is C9H11N. The highest BCUT2D eigenvalue weighted by Gasteiger charge is 1.88. The van der Waals surface area contributed by atoms with E-state index < -0.39 is 0 Å². The minimum atomic E-state index is 1.07. The van der Waals surface area contributed by atoms with E-state index in [1.165, 1.54) is 12.8 Å². The van der Waals surface area contributed by atoms with E-state index in [0.717, 1.165) is 12.1 Å². The molecule has 52 valence electrons. The van der Waals surface area contributed by atoms with E-state index in [9.17, 15) is 0 Å². The highest BCUT2D eigenvalue weighted by Crippen LogP contribution is 1.97. The van der Waals surface area contributed by atoms with Gasteiger partial charge in [-0.1, -0.05) is 25.5 Å². The Balaban J connectivity index is 2.43. The zero-order chi connectivity index (χ0) is 7.23. The van der Waals surface area contributed by atoms with Crippen LogP contribution < -0.4 is 0 Å². The summed E-state index contributed by atoms with van der Waals surface area (Å²) in [5.74, 6) is 0. The van der Waals surface area contributed by atoms with Gasteiger partial charge in [-0.15, -0.1) is 0 Å². The molecule has 1 aromatic heterocycles. The second-order valence-electron chi connectivity index (χ2n) is 2.29. The summed E-state index contributed by atoms with van der Waals surface area (Å²) in [4.78, 5) is 4.13. The molecule has 10 heavy (non-hydrogen) atoms. The molecule has 0 amide bonds. The van der Waals surface area contributed by atoms with E-state index in [1.807, 2.05) is 6.07 Å². The largest absolute Gasteiger partial charge is 0.252 e. The van der Waals surface area contributed by atoms with Gasteiger partial charge in [-0.2, -0.15) is 0 Å². The van der Waals surface area contributed by atoms with Crippen molar-refractivity contribution in [1.29, 1.82) is 0 Å². The first-order valence-electron chi connectivity index (χ1n) is 3.66. The molecule has 0 aliphatic rings. The Morgan fingerprint density at radius 2 is 2.40 bits per heavy atom. The normalized spacial score (nSPS) is 8.90. The molecule has 1 heterocycles. The first-order chi connectivity index (χ1) is 4.93. The van der Waals surface area contributed by atoms with Gasteiger partial charge in [-0.25, -0.2) is 0 Å². The van der Waals surface area contributed by atoms with Gasteiger partial charge >= 0.3 is 0 Å². The summed E-state index contributed by atoms with van der Waals surface area (Å²) >= 11 is 0. The molecule has 1 nitrogen and oxygen atoms in total. The summed E-state index contributed by atoms with van der Waals surface area (Å²) in [7, 11) is 0. The van der Waals surface area contributed by atoms with Crippen molar-refractivity contribution in [2.24, 2.45) is 0 Å². The van der Waals surface area contributed by atoms with Gasteiger partial charge in [0, 0.05) is 11.8 Å². The first kappa shape index (κ1) is 7.08. The quantitative estimate of drug-likeness (QED) is 0.614. The zero-order valence-corrected chi connectivity index (χ0v) is 6.22. The molecule has 0 aromatic carbocycles. The van der Waals surface area contributed by atoms with E-state index in [4.69, 9.17) is 0 Å². The average Bonchev–Trinajstić information content (AvgIpc) is 2.03. The lowest BCUT2D eigenvalue weighted by Gasteiger charge is -1.93. The number of hydrogen-bond acceptors (Lipinski definition) is 1. The predicted octanol–water partition coefficient (Wildman–Crippen LogP) is 2.02. The molecule has 0 aliphatic carbocycles. The molecule has 0 bridgehead atoms. The number of unbranched alkanes of at least 4 members (excludes halogenated alkanes) is 1. The van der Waals surface area contributed by atoms with Crippen LogP contribution in [0.4, 0.5) is 0 Å². The Bertz CT molecular complexity index is 169. The third kappa shape index (κ3) is 2.06. The topological polar surface area (TPSA) is 12.9 Å². The molecule has 1 heteroatoms. The predicted molar refractivity (Wildman–Crippen MR) is 40.5 cm³/mol. The molecule has 1 aromatic rings. The van der Waals surface area contributed by atoms with Gasteiger partial charge in [-0.05, 0) is 12.8 Å². The van der Waals surface area contributed by atoms with Crippen molar-refractivity contribution >= 4 is 0 Å². The van der Waals surface area contributed by atoms with Crippen LogP contribution in [0.15, 0.2) is 12.3 Å². The maximum atomic E-state index is 4.13. The van der Waals surface area contributed by atoms with Gasteiger partial charge in [-0.3, -0.25) is 4.98 Å². The third-order valence-corrected chi connectivity index (χ3v) is 1.40. The van der Waals surface area contributed by atoms with Crippen LogP contribution in [0.25, 0.3) is 0 Å². The fraction of sp³-hybridized carbons (Fsp3) is 0.444. The molecule has 0 spiro atoms. The average molecular weight is 133 g/mol. The highest BCUT2D eigenvalue weighted by atomic mass is 14.6. The lowest BCUT2D eigenvalue weighted by atomic mass is 10.2. The van der Waals surface area contributed by atoms with Crippen molar-refractivity contribution in [2.45, 2.75) is 26.2 Å². The van der Waals surface area contributed by atoms with Gasteiger partial charge in [0.25, 0.3) is 0 Å². The van der Waals surface area contributed by atoms with Crippen LogP contribution in [0.5, 0.6) is 0 Å². The summed E-state index contributed by atoms with van der Waals surface area (Å²) in [5, 5.41) is 0. The molecule has 0 atom stereocenters. The SMILES string of the molecule is CCCCc1cc#ccn1. The Morgan fingerprint density at radius 1 is 1.50 bits per heavy atom. The lowest BCUT2D eigenvalue weighted by molar-refractivity contribution is 0.777. The summed E-state index contributed by atoms with van der Waals surface area (Å²) in [6.07, 6.45) is 5.18. The smallest absolute Gasteiger partial charge is 0.0773 e. The molecule has 0 N–H and O–H groups in total. The van der Waals surface area contributed by atoms with Crippen molar-refractivity contribution in [1.82, 2.24) is 4.98 Å².